The summed E-state index contributed by atoms with van der Waals surface area (Å²) in [6, 6.07) is 5.76. The van der Waals surface area contributed by atoms with Crippen LogP contribution in [-0.2, 0) is 0 Å². The van der Waals surface area contributed by atoms with E-state index in [0.717, 1.165) is 16.3 Å². The summed E-state index contributed by atoms with van der Waals surface area (Å²) < 4.78 is 0. The smallest absolute Gasteiger partial charge is 0.0892 e. The number of nitrogens with zero attached hydrogens (tertiary/aromatic N) is 3. The van der Waals surface area contributed by atoms with Crippen LogP contribution < -0.4 is 0 Å². The molecule has 0 aliphatic rings. The van der Waals surface area contributed by atoms with Gasteiger partial charge < -0.3 is 0 Å². The van der Waals surface area contributed by atoms with E-state index in [1.807, 2.05) is 18.2 Å². The first-order valence-electron chi connectivity index (χ1n) is 4.84. The van der Waals surface area contributed by atoms with Gasteiger partial charge in [-0.1, -0.05) is 25.4 Å². The minimum absolute atomic E-state index is 0.393. The van der Waals surface area contributed by atoms with Gasteiger partial charge in [0.2, 0.25) is 0 Å². The lowest BCUT2D eigenvalue weighted by atomic mass is 10.0. The van der Waals surface area contributed by atoms with Crippen LogP contribution in [0.5, 0.6) is 0 Å². The highest BCUT2D eigenvalue weighted by molar-refractivity contribution is 6.30. The molecule has 0 N–H and O–H groups in total. The molecule has 4 heteroatoms. The Kier molecular flexibility index (Phi) is 2.73. The number of rotatable bonds is 2. The Morgan fingerprint density at radius 1 is 1.20 bits per heavy atom. The van der Waals surface area contributed by atoms with Crippen molar-refractivity contribution in [3.8, 4) is 5.69 Å². The molecule has 0 fully saturated rings. The van der Waals surface area contributed by atoms with Crippen molar-refractivity contribution in [2.24, 2.45) is 0 Å². The fourth-order valence-electron chi connectivity index (χ4n) is 1.51. The van der Waals surface area contributed by atoms with Crippen molar-refractivity contribution in [3.63, 3.8) is 0 Å². The van der Waals surface area contributed by atoms with Crippen LogP contribution in [0.1, 0.15) is 25.3 Å². The van der Waals surface area contributed by atoms with E-state index < -0.39 is 0 Å². The Morgan fingerprint density at radius 2 is 1.87 bits per heavy atom. The Bertz CT molecular complexity index is 449. The van der Waals surface area contributed by atoms with Crippen LogP contribution >= 0.6 is 11.6 Å². The summed E-state index contributed by atoms with van der Waals surface area (Å²) in [6.45, 7) is 4.25. The molecule has 1 heterocycles. The lowest BCUT2D eigenvalue weighted by Gasteiger charge is -2.11. The summed E-state index contributed by atoms with van der Waals surface area (Å²) in [7, 11) is 0. The summed E-state index contributed by atoms with van der Waals surface area (Å²) in [5, 5.41) is 8.99. The second-order valence-electron chi connectivity index (χ2n) is 3.68. The molecule has 1 aromatic carbocycles. The molecule has 0 bridgehead atoms. The van der Waals surface area contributed by atoms with Crippen molar-refractivity contribution >= 4 is 11.6 Å². The van der Waals surface area contributed by atoms with Gasteiger partial charge in [0.05, 0.1) is 18.1 Å². The Balaban J connectivity index is 2.56. The molecule has 0 radical (unpaired) electrons. The zero-order chi connectivity index (χ0) is 10.8. The number of hydrogen-bond acceptors (Lipinski definition) is 2. The molecule has 78 valence electrons. The van der Waals surface area contributed by atoms with Gasteiger partial charge in [0, 0.05) is 5.02 Å². The van der Waals surface area contributed by atoms with Crippen LogP contribution in [-0.4, -0.2) is 15.0 Å². The summed E-state index contributed by atoms with van der Waals surface area (Å²) >= 11 is 5.97. The largest absolute Gasteiger partial charge is 0.157 e. The van der Waals surface area contributed by atoms with Crippen LogP contribution in [0.15, 0.2) is 30.6 Å². The standard InChI is InChI=1S/C11H12ClN3/c1-8(2)10-7-9(12)3-4-11(10)15-13-5-6-14-15/h3-8H,1-2H3. The average Bonchev–Trinajstić information content (AvgIpc) is 2.70. The van der Waals surface area contributed by atoms with Crippen LogP contribution in [0.3, 0.4) is 0 Å². The van der Waals surface area contributed by atoms with Gasteiger partial charge in [0.25, 0.3) is 0 Å². The van der Waals surface area contributed by atoms with Gasteiger partial charge in [-0.3, -0.25) is 0 Å². The quantitative estimate of drug-likeness (QED) is 0.781. The van der Waals surface area contributed by atoms with Gasteiger partial charge in [0.15, 0.2) is 0 Å². The maximum absolute atomic E-state index is 5.97. The lowest BCUT2D eigenvalue weighted by Crippen LogP contribution is -2.04. The zero-order valence-corrected chi connectivity index (χ0v) is 9.44. The van der Waals surface area contributed by atoms with E-state index in [4.69, 9.17) is 11.6 Å². The lowest BCUT2D eigenvalue weighted by molar-refractivity contribution is 0.727. The molecule has 0 aliphatic carbocycles. The second kappa shape index (κ2) is 4.03. The first-order chi connectivity index (χ1) is 7.18. The van der Waals surface area contributed by atoms with E-state index >= 15 is 0 Å². The van der Waals surface area contributed by atoms with Crippen LogP contribution in [0.25, 0.3) is 5.69 Å². The molecule has 0 atom stereocenters. The maximum atomic E-state index is 5.97. The van der Waals surface area contributed by atoms with Crippen LogP contribution in [0.2, 0.25) is 5.02 Å². The second-order valence-corrected chi connectivity index (χ2v) is 4.11. The highest BCUT2D eigenvalue weighted by atomic mass is 35.5. The highest BCUT2D eigenvalue weighted by Gasteiger charge is 2.09. The molecule has 15 heavy (non-hydrogen) atoms. The molecular weight excluding hydrogens is 210 g/mol. The summed E-state index contributed by atoms with van der Waals surface area (Å²) in [5.74, 6) is 0.393. The molecule has 2 rings (SSSR count). The number of hydrogen-bond donors (Lipinski definition) is 0. The van der Waals surface area contributed by atoms with Crippen molar-refractivity contribution < 1.29 is 0 Å². The third-order valence-corrected chi connectivity index (χ3v) is 2.48. The van der Waals surface area contributed by atoms with Gasteiger partial charge in [-0.05, 0) is 29.7 Å². The first kappa shape index (κ1) is 10.2. The first-order valence-corrected chi connectivity index (χ1v) is 5.22. The van der Waals surface area contributed by atoms with Crippen molar-refractivity contribution in [2.45, 2.75) is 19.8 Å². The van der Waals surface area contributed by atoms with E-state index in [-0.39, 0.29) is 0 Å². The van der Waals surface area contributed by atoms with Gasteiger partial charge in [-0.25, -0.2) is 0 Å². The highest BCUT2D eigenvalue weighted by Crippen LogP contribution is 2.25. The Labute approximate surface area is 93.7 Å². The van der Waals surface area contributed by atoms with Gasteiger partial charge in [0.1, 0.15) is 0 Å². The molecule has 0 spiro atoms. The third-order valence-electron chi connectivity index (χ3n) is 2.25. The van der Waals surface area contributed by atoms with E-state index in [0.29, 0.717) is 5.92 Å². The van der Waals surface area contributed by atoms with E-state index in [2.05, 4.69) is 24.0 Å². The van der Waals surface area contributed by atoms with Crippen LogP contribution in [0.4, 0.5) is 0 Å². The number of aromatic nitrogens is 3. The van der Waals surface area contributed by atoms with Crippen molar-refractivity contribution in [1.29, 1.82) is 0 Å². The molecule has 0 amide bonds. The summed E-state index contributed by atoms with van der Waals surface area (Å²) in [5.41, 5.74) is 2.14. The van der Waals surface area contributed by atoms with Gasteiger partial charge in [-0.2, -0.15) is 15.0 Å². The predicted octanol–water partition coefficient (Wildman–Crippen LogP) is 3.04. The molecular formula is C11H12ClN3. The van der Waals surface area contributed by atoms with Crippen molar-refractivity contribution in [1.82, 2.24) is 15.0 Å². The monoisotopic (exact) mass is 221 g/mol. The summed E-state index contributed by atoms with van der Waals surface area (Å²) in [4.78, 5) is 1.62. The Hall–Kier alpha value is -1.35. The van der Waals surface area contributed by atoms with E-state index in [1.165, 1.54) is 0 Å². The zero-order valence-electron chi connectivity index (χ0n) is 8.68. The molecule has 0 saturated heterocycles. The minimum Gasteiger partial charge on any atom is -0.157 e. The van der Waals surface area contributed by atoms with Crippen molar-refractivity contribution in [2.75, 3.05) is 0 Å². The number of halogens is 1. The summed E-state index contributed by atoms with van der Waals surface area (Å²) in [6.07, 6.45) is 3.33. The Morgan fingerprint density at radius 3 is 2.47 bits per heavy atom. The van der Waals surface area contributed by atoms with Crippen molar-refractivity contribution in [3.05, 3.63) is 41.2 Å². The fourth-order valence-corrected chi connectivity index (χ4v) is 1.69. The SMILES string of the molecule is CC(C)c1cc(Cl)ccc1-n1nccn1. The molecule has 0 aliphatic heterocycles. The van der Waals surface area contributed by atoms with E-state index in [9.17, 15) is 0 Å². The van der Waals surface area contributed by atoms with Gasteiger partial charge in [-0.15, -0.1) is 0 Å². The maximum Gasteiger partial charge on any atom is 0.0892 e. The average molecular weight is 222 g/mol. The molecule has 1 aromatic heterocycles. The molecule has 0 unspecified atom stereocenters. The van der Waals surface area contributed by atoms with Gasteiger partial charge >= 0.3 is 0 Å². The molecule has 0 saturated carbocycles. The van der Waals surface area contributed by atoms with Crippen LogP contribution in [0, 0.1) is 0 Å². The number of benzene rings is 1. The topological polar surface area (TPSA) is 30.7 Å². The normalized spacial score (nSPS) is 10.9. The molecule has 2 aromatic rings. The molecule has 3 nitrogen and oxygen atoms in total. The minimum atomic E-state index is 0.393. The fraction of sp³-hybridized carbons (Fsp3) is 0.273. The van der Waals surface area contributed by atoms with E-state index in [1.54, 1.807) is 17.2 Å². The third kappa shape index (κ3) is 2.02. The predicted molar refractivity (Wildman–Crippen MR) is 60.5 cm³/mol.